The van der Waals surface area contributed by atoms with Crippen LogP contribution in [0.25, 0.3) is 11.1 Å². The molecule has 2 amide bonds. The molecule has 1 aliphatic rings. The predicted octanol–water partition coefficient (Wildman–Crippen LogP) is 2.82. The van der Waals surface area contributed by atoms with Crippen molar-refractivity contribution in [3.8, 4) is 16.9 Å². The Morgan fingerprint density at radius 1 is 1.22 bits per heavy atom. The molecule has 0 aliphatic carbocycles. The van der Waals surface area contributed by atoms with Crippen molar-refractivity contribution >= 4 is 17.5 Å². The summed E-state index contributed by atoms with van der Waals surface area (Å²) in [4.78, 5) is 23.7. The summed E-state index contributed by atoms with van der Waals surface area (Å²) in [7, 11) is 0. The smallest absolute Gasteiger partial charge is 0.265 e. The Labute approximate surface area is 134 Å². The van der Waals surface area contributed by atoms with Gasteiger partial charge in [0, 0.05) is 12.1 Å². The summed E-state index contributed by atoms with van der Waals surface area (Å²) in [5, 5.41) is 5.62. The van der Waals surface area contributed by atoms with Crippen LogP contribution in [0.4, 0.5) is 5.69 Å². The first-order valence-electron chi connectivity index (χ1n) is 7.58. The molecule has 118 valence electrons. The number of rotatable bonds is 3. The fourth-order valence-corrected chi connectivity index (χ4v) is 2.49. The maximum Gasteiger partial charge on any atom is 0.265 e. The van der Waals surface area contributed by atoms with Gasteiger partial charge in [-0.05, 0) is 49.2 Å². The zero-order valence-electron chi connectivity index (χ0n) is 13.1. The molecule has 23 heavy (non-hydrogen) atoms. The highest BCUT2D eigenvalue weighted by Crippen LogP contribution is 2.34. The van der Waals surface area contributed by atoms with Crippen molar-refractivity contribution in [3.05, 3.63) is 48.0 Å². The number of hydrogen-bond acceptors (Lipinski definition) is 3. The highest BCUT2D eigenvalue weighted by molar-refractivity contribution is 5.98. The highest BCUT2D eigenvalue weighted by Gasteiger charge is 2.23. The van der Waals surface area contributed by atoms with Crippen LogP contribution >= 0.6 is 0 Å². The first-order valence-corrected chi connectivity index (χ1v) is 7.58. The van der Waals surface area contributed by atoms with E-state index in [1.807, 2.05) is 43.3 Å². The van der Waals surface area contributed by atoms with Crippen LogP contribution in [0, 0.1) is 0 Å². The van der Waals surface area contributed by atoms with Gasteiger partial charge in [0.05, 0.1) is 5.69 Å². The lowest BCUT2D eigenvalue weighted by molar-refractivity contribution is -0.122. The number of carbonyl (C=O) groups is 2. The third-order valence-electron chi connectivity index (χ3n) is 3.71. The van der Waals surface area contributed by atoms with Gasteiger partial charge in [0.1, 0.15) is 5.75 Å². The monoisotopic (exact) mass is 310 g/mol. The fourth-order valence-electron chi connectivity index (χ4n) is 2.49. The van der Waals surface area contributed by atoms with Gasteiger partial charge in [-0.15, -0.1) is 0 Å². The van der Waals surface area contributed by atoms with Crippen LogP contribution in [0.1, 0.15) is 24.2 Å². The van der Waals surface area contributed by atoms with E-state index in [4.69, 9.17) is 4.74 Å². The molecule has 1 heterocycles. The number of nitrogens with one attached hydrogen (secondary N) is 2. The van der Waals surface area contributed by atoms with Crippen molar-refractivity contribution in [3.63, 3.8) is 0 Å². The summed E-state index contributed by atoms with van der Waals surface area (Å²) in [6.07, 6.45) is -0.491. The molecular weight excluding hydrogens is 292 g/mol. The molecule has 1 atom stereocenters. The van der Waals surface area contributed by atoms with Crippen molar-refractivity contribution in [2.45, 2.75) is 20.0 Å². The van der Waals surface area contributed by atoms with Gasteiger partial charge in [0.2, 0.25) is 0 Å². The van der Waals surface area contributed by atoms with Gasteiger partial charge in [0.25, 0.3) is 11.8 Å². The number of benzene rings is 2. The van der Waals surface area contributed by atoms with E-state index < -0.39 is 6.10 Å². The summed E-state index contributed by atoms with van der Waals surface area (Å²) in [6, 6.07) is 13.0. The molecule has 2 aromatic rings. The summed E-state index contributed by atoms with van der Waals surface area (Å²) in [6.45, 7) is 4.18. The van der Waals surface area contributed by atoms with E-state index in [1.165, 1.54) is 0 Å². The average molecular weight is 310 g/mol. The molecule has 1 aliphatic heterocycles. The van der Waals surface area contributed by atoms with Crippen LogP contribution in [-0.2, 0) is 4.79 Å². The van der Waals surface area contributed by atoms with Gasteiger partial charge in [-0.1, -0.05) is 18.2 Å². The zero-order valence-corrected chi connectivity index (χ0v) is 13.1. The van der Waals surface area contributed by atoms with E-state index in [9.17, 15) is 9.59 Å². The summed E-state index contributed by atoms with van der Waals surface area (Å²) in [5.74, 6) is 0.393. The maximum absolute atomic E-state index is 12.0. The molecule has 0 radical (unpaired) electrons. The van der Waals surface area contributed by atoms with Crippen molar-refractivity contribution in [1.29, 1.82) is 0 Å². The van der Waals surface area contributed by atoms with Gasteiger partial charge in [-0.2, -0.15) is 0 Å². The van der Waals surface area contributed by atoms with E-state index in [0.29, 0.717) is 23.5 Å². The minimum Gasteiger partial charge on any atom is -0.479 e. The lowest BCUT2D eigenvalue weighted by atomic mass is 10.0. The standard InChI is InChI=1S/C18H18N2O3/c1-3-19-18(22)14-6-4-5-12(9-14)13-7-8-16-15(10-13)20-17(21)11(2)23-16/h4-11H,3H2,1-2H3,(H,19,22)(H,20,21). The SMILES string of the molecule is CCNC(=O)c1cccc(-c2ccc3c(c2)NC(=O)C(C)O3)c1. The van der Waals surface area contributed by atoms with Crippen LogP contribution in [-0.4, -0.2) is 24.5 Å². The molecule has 0 bridgehead atoms. The second-order valence-corrected chi connectivity index (χ2v) is 5.40. The van der Waals surface area contributed by atoms with Crippen LogP contribution in [0.3, 0.4) is 0 Å². The topological polar surface area (TPSA) is 67.4 Å². The van der Waals surface area contributed by atoms with Crippen molar-refractivity contribution in [2.75, 3.05) is 11.9 Å². The van der Waals surface area contributed by atoms with Crippen LogP contribution in [0.2, 0.25) is 0 Å². The van der Waals surface area contributed by atoms with Crippen molar-refractivity contribution < 1.29 is 14.3 Å². The third kappa shape index (κ3) is 3.04. The van der Waals surface area contributed by atoms with Gasteiger partial charge in [0.15, 0.2) is 6.10 Å². The Bertz CT molecular complexity index is 771. The summed E-state index contributed by atoms with van der Waals surface area (Å²) < 4.78 is 5.55. The van der Waals surface area contributed by atoms with Crippen LogP contribution < -0.4 is 15.4 Å². The molecule has 5 nitrogen and oxygen atoms in total. The molecule has 0 saturated heterocycles. The molecule has 1 unspecified atom stereocenters. The Kier molecular flexibility index (Phi) is 4.02. The van der Waals surface area contributed by atoms with E-state index in [1.54, 1.807) is 13.0 Å². The van der Waals surface area contributed by atoms with E-state index in [-0.39, 0.29) is 11.8 Å². The highest BCUT2D eigenvalue weighted by atomic mass is 16.5. The number of hydrogen-bond donors (Lipinski definition) is 2. The predicted molar refractivity (Wildman–Crippen MR) is 88.6 cm³/mol. The second-order valence-electron chi connectivity index (χ2n) is 5.40. The third-order valence-corrected chi connectivity index (χ3v) is 3.71. The maximum atomic E-state index is 12.0. The van der Waals surface area contributed by atoms with Crippen molar-refractivity contribution in [1.82, 2.24) is 5.32 Å². The van der Waals surface area contributed by atoms with Gasteiger partial charge < -0.3 is 15.4 Å². The Hall–Kier alpha value is -2.82. The Balaban J connectivity index is 1.94. The fraction of sp³-hybridized carbons (Fsp3) is 0.222. The molecule has 0 fully saturated rings. The van der Waals surface area contributed by atoms with Crippen molar-refractivity contribution in [2.24, 2.45) is 0 Å². The molecule has 0 saturated carbocycles. The summed E-state index contributed by atoms with van der Waals surface area (Å²) >= 11 is 0. The van der Waals surface area contributed by atoms with Gasteiger partial charge in [-0.3, -0.25) is 9.59 Å². The first-order chi connectivity index (χ1) is 11.1. The summed E-state index contributed by atoms with van der Waals surface area (Å²) in [5.41, 5.74) is 3.07. The Morgan fingerprint density at radius 2 is 2.00 bits per heavy atom. The molecule has 3 rings (SSSR count). The average Bonchev–Trinajstić information content (AvgIpc) is 2.56. The number of anilines is 1. The first kappa shape index (κ1) is 15.1. The minimum atomic E-state index is -0.491. The normalized spacial score (nSPS) is 16.1. The second kappa shape index (κ2) is 6.12. The van der Waals surface area contributed by atoms with Gasteiger partial charge >= 0.3 is 0 Å². The number of fused-ring (bicyclic) bond motifs is 1. The Morgan fingerprint density at radius 3 is 2.78 bits per heavy atom. The van der Waals surface area contributed by atoms with Crippen LogP contribution in [0.5, 0.6) is 5.75 Å². The zero-order chi connectivity index (χ0) is 16.4. The number of amides is 2. The lowest BCUT2D eigenvalue weighted by Crippen LogP contribution is -2.34. The number of ether oxygens (including phenoxy) is 1. The van der Waals surface area contributed by atoms with E-state index in [0.717, 1.165) is 11.1 Å². The minimum absolute atomic E-state index is 0.0993. The largest absolute Gasteiger partial charge is 0.479 e. The molecule has 5 heteroatoms. The lowest BCUT2D eigenvalue weighted by Gasteiger charge is -2.23. The van der Waals surface area contributed by atoms with E-state index in [2.05, 4.69) is 10.6 Å². The number of carbonyl (C=O) groups excluding carboxylic acids is 2. The van der Waals surface area contributed by atoms with E-state index >= 15 is 0 Å². The van der Waals surface area contributed by atoms with Crippen LogP contribution in [0.15, 0.2) is 42.5 Å². The van der Waals surface area contributed by atoms with Gasteiger partial charge in [-0.25, -0.2) is 0 Å². The quantitative estimate of drug-likeness (QED) is 0.916. The molecule has 0 aromatic heterocycles. The molecule has 0 spiro atoms. The molecule has 2 aromatic carbocycles. The molecular formula is C18H18N2O3. The molecule has 2 N–H and O–H groups in total.